The molecule has 3 aromatic rings. The minimum atomic E-state index is -0.178. The second kappa shape index (κ2) is 4.60. The zero-order valence-corrected chi connectivity index (χ0v) is 11.5. The van der Waals surface area contributed by atoms with E-state index in [0.717, 1.165) is 5.56 Å². The maximum absolute atomic E-state index is 12.0. The van der Waals surface area contributed by atoms with Gasteiger partial charge < -0.3 is 4.98 Å². The Hall–Kier alpha value is -1.99. The van der Waals surface area contributed by atoms with E-state index in [-0.39, 0.29) is 11.5 Å². The van der Waals surface area contributed by atoms with Crippen molar-refractivity contribution in [2.24, 2.45) is 0 Å². The van der Waals surface area contributed by atoms with E-state index >= 15 is 0 Å². The first-order valence-electron chi connectivity index (χ1n) is 5.49. The summed E-state index contributed by atoms with van der Waals surface area (Å²) in [5.41, 5.74) is 1.43. The Labute approximate surface area is 115 Å². The van der Waals surface area contributed by atoms with E-state index in [4.69, 9.17) is 0 Å². The van der Waals surface area contributed by atoms with Crippen LogP contribution in [0.1, 0.15) is 15.2 Å². The van der Waals surface area contributed by atoms with E-state index in [2.05, 4.69) is 15.3 Å². The number of nitrogens with one attached hydrogen (secondary N) is 2. The van der Waals surface area contributed by atoms with Gasteiger partial charge in [0, 0.05) is 6.07 Å². The highest BCUT2D eigenvalue weighted by Gasteiger charge is 2.13. The Morgan fingerprint density at radius 3 is 2.95 bits per heavy atom. The van der Waals surface area contributed by atoms with Crippen molar-refractivity contribution in [2.75, 3.05) is 5.32 Å². The lowest BCUT2D eigenvalue weighted by molar-refractivity contribution is 0.103. The van der Waals surface area contributed by atoms with Gasteiger partial charge in [0.2, 0.25) is 5.56 Å². The zero-order chi connectivity index (χ0) is 13.4. The third-order valence-corrected chi connectivity index (χ3v) is 4.49. The summed E-state index contributed by atoms with van der Waals surface area (Å²) >= 11 is 2.64. The third-order valence-electron chi connectivity index (χ3n) is 2.57. The Morgan fingerprint density at radius 1 is 1.37 bits per heavy atom. The number of aromatic amines is 1. The van der Waals surface area contributed by atoms with Gasteiger partial charge in [0.25, 0.3) is 5.91 Å². The number of amides is 1. The molecule has 0 aliphatic heterocycles. The molecule has 3 aromatic heterocycles. The lowest BCUT2D eigenvalue weighted by Gasteiger charge is -1.99. The highest BCUT2D eigenvalue weighted by Crippen LogP contribution is 2.24. The van der Waals surface area contributed by atoms with Crippen LogP contribution in [0.3, 0.4) is 0 Å². The molecule has 2 N–H and O–H groups in total. The van der Waals surface area contributed by atoms with Gasteiger partial charge in [0.1, 0.15) is 10.3 Å². The van der Waals surface area contributed by atoms with Gasteiger partial charge in [-0.25, -0.2) is 4.98 Å². The summed E-state index contributed by atoms with van der Waals surface area (Å²) in [6, 6.07) is 4.95. The molecule has 3 rings (SSSR count). The molecule has 0 saturated heterocycles. The lowest BCUT2D eigenvalue weighted by Crippen LogP contribution is -2.10. The SMILES string of the molecule is Cc1ccsc1C(=O)Nc1nc2ccc(=O)[nH]c2s1. The fourth-order valence-electron chi connectivity index (χ4n) is 1.66. The second-order valence-electron chi connectivity index (χ2n) is 3.94. The smallest absolute Gasteiger partial charge is 0.267 e. The number of carbonyl (C=O) groups is 1. The van der Waals surface area contributed by atoms with Gasteiger partial charge in [-0.1, -0.05) is 11.3 Å². The van der Waals surface area contributed by atoms with Crippen molar-refractivity contribution in [3.05, 3.63) is 44.4 Å². The quantitative estimate of drug-likeness (QED) is 0.762. The van der Waals surface area contributed by atoms with Gasteiger partial charge in [-0.05, 0) is 30.0 Å². The number of aromatic nitrogens is 2. The molecule has 7 heteroatoms. The van der Waals surface area contributed by atoms with Crippen molar-refractivity contribution in [3.63, 3.8) is 0 Å². The average molecular weight is 291 g/mol. The van der Waals surface area contributed by atoms with E-state index in [0.29, 0.717) is 20.4 Å². The molecule has 0 aliphatic rings. The third kappa shape index (κ3) is 2.29. The number of thiophene rings is 1. The Bertz CT molecular complexity index is 816. The molecule has 0 unspecified atom stereocenters. The number of fused-ring (bicyclic) bond motifs is 1. The number of hydrogen-bond acceptors (Lipinski definition) is 5. The van der Waals surface area contributed by atoms with Gasteiger partial charge >= 0.3 is 0 Å². The predicted octanol–water partition coefficient (Wildman–Crippen LogP) is 2.61. The predicted molar refractivity (Wildman–Crippen MR) is 77.2 cm³/mol. The fourth-order valence-corrected chi connectivity index (χ4v) is 3.33. The van der Waals surface area contributed by atoms with Gasteiger partial charge in [-0.2, -0.15) is 0 Å². The van der Waals surface area contributed by atoms with E-state index in [9.17, 15) is 9.59 Å². The standard InChI is InChI=1S/C12H9N3O2S2/c1-6-4-5-18-9(6)10(17)15-12-13-7-2-3-8(16)14-11(7)19-12/h2-5H,1H3,(H,14,16)(H,13,15,17). The topological polar surface area (TPSA) is 74.8 Å². The number of thiazole rings is 1. The van der Waals surface area contributed by atoms with Crippen LogP contribution in [0.15, 0.2) is 28.4 Å². The summed E-state index contributed by atoms with van der Waals surface area (Å²) in [6.45, 7) is 1.89. The molecule has 0 atom stereocenters. The van der Waals surface area contributed by atoms with Gasteiger partial charge in [0.15, 0.2) is 5.13 Å². The van der Waals surface area contributed by atoms with E-state index < -0.39 is 0 Å². The number of hydrogen-bond donors (Lipinski definition) is 2. The van der Waals surface area contributed by atoms with Crippen LogP contribution in [0.2, 0.25) is 0 Å². The number of pyridine rings is 1. The zero-order valence-electron chi connectivity index (χ0n) is 9.89. The monoisotopic (exact) mass is 291 g/mol. The number of carbonyl (C=O) groups excluding carboxylic acids is 1. The van der Waals surface area contributed by atoms with Gasteiger partial charge in [0.05, 0.1) is 4.88 Å². The van der Waals surface area contributed by atoms with Crippen LogP contribution in [0, 0.1) is 6.92 Å². The normalized spacial score (nSPS) is 10.8. The van der Waals surface area contributed by atoms with Crippen molar-refractivity contribution in [1.29, 1.82) is 0 Å². The molecule has 19 heavy (non-hydrogen) atoms. The summed E-state index contributed by atoms with van der Waals surface area (Å²) in [5.74, 6) is -0.172. The maximum Gasteiger partial charge on any atom is 0.267 e. The minimum Gasteiger partial charge on any atom is -0.312 e. The number of rotatable bonds is 2. The van der Waals surface area contributed by atoms with Crippen molar-refractivity contribution >= 4 is 44.1 Å². The van der Waals surface area contributed by atoms with Crippen LogP contribution in [0.5, 0.6) is 0 Å². The van der Waals surface area contributed by atoms with Crippen LogP contribution in [0.4, 0.5) is 5.13 Å². The summed E-state index contributed by atoms with van der Waals surface area (Å²) in [6.07, 6.45) is 0. The Morgan fingerprint density at radius 2 is 2.21 bits per heavy atom. The number of H-pyrrole nitrogens is 1. The molecule has 0 radical (unpaired) electrons. The van der Waals surface area contributed by atoms with Crippen LogP contribution in [-0.2, 0) is 0 Å². The van der Waals surface area contributed by atoms with Crippen LogP contribution < -0.4 is 10.9 Å². The lowest BCUT2D eigenvalue weighted by atomic mass is 10.3. The van der Waals surface area contributed by atoms with Crippen molar-refractivity contribution in [3.8, 4) is 0 Å². The number of aryl methyl sites for hydroxylation is 1. The summed E-state index contributed by atoms with van der Waals surface area (Å²) in [7, 11) is 0. The molecule has 5 nitrogen and oxygen atoms in total. The first-order chi connectivity index (χ1) is 9.13. The van der Waals surface area contributed by atoms with Gasteiger partial charge in [-0.15, -0.1) is 11.3 Å². The van der Waals surface area contributed by atoms with E-state index in [1.165, 1.54) is 28.7 Å². The fraction of sp³-hybridized carbons (Fsp3) is 0.0833. The molecule has 0 spiro atoms. The Kier molecular flexibility index (Phi) is 2.92. The maximum atomic E-state index is 12.0. The molecule has 1 amide bonds. The highest BCUT2D eigenvalue weighted by molar-refractivity contribution is 7.22. The molecule has 0 fully saturated rings. The molecule has 3 heterocycles. The second-order valence-corrected chi connectivity index (χ2v) is 5.86. The number of anilines is 1. The molecule has 0 aromatic carbocycles. The van der Waals surface area contributed by atoms with Crippen molar-refractivity contribution in [2.45, 2.75) is 6.92 Å². The van der Waals surface area contributed by atoms with Crippen molar-refractivity contribution in [1.82, 2.24) is 9.97 Å². The van der Waals surface area contributed by atoms with E-state index in [1.807, 2.05) is 18.4 Å². The minimum absolute atomic E-state index is 0.172. The van der Waals surface area contributed by atoms with Crippen molar-refractivity contribution < 1.29 is 4.79 Å². The van der Waals surface area contributed by atoms with Crippen LogP contribution in [-0.4, -0.2) is 15.9 Å². The molecule has 0 saturated carbocycles. The molecular formula is C12H9N3O2S2. The van der Waals surface area contributed by atoms with Crippen LogP contribution in [0.25, 0.3) is 10.3 Å². The van der Waals surface area contributed by atoms with E-state index in [1.54, 1.807) is 6.07 Å². The largest absolute Gasteiger partial charge is 0.312 e. The number of nitrogens with zero attached hydrogens (tertiary/aromatic N) is 1. The Balaban J connectivity index is 1.91. The first kappa shape index (κ1) is 12.1. The summed E-state index contributed by atoms with van der Waals surface area (Å²) in [5, 5.41) is 5.11. The summed E-state index contributed by atoms with van der Waals surface area (Å²) in [4.78, 5) is 31.5. The molecular weight excluding hydrogens is 282 g/mol. The van der Waals surface area contributed by atoms with Gasteiger partial charge in [-0.3, -0.25) is 14.9 Å². The molecule has 0 aliphatic carbocycles. The van der Waals surface area contributed by atoms with Crippen LogP contribution >= 0.6 is 22.7 Å². The average Bonchev–Trinajstić information content (AvgIpc) is 2.94. The molecule has 0 bridgehead atoms. The molecule has 96 valence electrons. The highest BCUT2D eigenvalue weighted by atomic mass is 32.1. The first-order valence-corrected chi connectivity index (χ1v) is 7.18. The summed E-state index contributed by atoms with van der Waals surface area (Å²) < 4.78 is 0.